The third-order valence-corrected chi connectivity index (χ3v) is 4.29. The van der Waals surface area contributed by atoms with E-state index in [1.165, 1.54) is 12.1 Å². The molecule has 0 saturated heterocycles. The quantitative estimate of drug-likeness (QED) is 0.279. The zero-order valence-electron chi connectivity index (χ0n) is 17.5. The Hall–Kier alpha value is -4.80. The minimum absolute atomic E-state index is 0.270. The summed E-state index contributed by atoms with van der Waals surface area (Å²) in [6.07, 6.45) is 0. The Morgan fingerprint density at radius 2 is 1.62 bits per heavy atom. The molecule has 0 aromatic heterocycles. The summed E-state index contributed by atoms with van der Waals surface area (Å²) in [5.41, 5.74) is -0.577. The molecular weight excluding hydrogens is 449 g/mol. The molecule has 34 heavy (non-hydrogen) atoms. The van der Waals surface area contributed by atoms with Crippen molar-refractivity contribution < 1.29 is 33.2 Å². The highest BCUT2D eigenvalue weighted by atomic mass is 19.1. The van der Waals surface area contributed by atoms with Crippen LogP contribution in [-0.4, -0.2) is 35.9 Å². The molecule has 10 nitrogen and oxygen atoms in total. The van der Waals surface area contributed by atoms with E-state index in [0.29, 0.717) is 11.5 Å². The van der Waals surface area contributed by atoms with Gasteiger partial charge in [0.25, 0.3) is 17.5 Å². The predicted molar refractivity (Wildman–Crippen MR) is 118 cm³/mol. The van der Waals surface area contributed by atoms with Gasteiger partial charge in [0.15, 0.2) is 6.61 Å². The van der Waals surface area contributed by atoms with Gasteiger partial charge in [-0.1, -0.05) is 18.2 Å². The van der Waals surface area contributed by atoms with Crippen LogP contribution in [0.3, 0.4) is 0 Å². The number of halogens is 1. The SMILES string of the molecule is O=C(COC(=O)CNC(=O)c1ccc(Oc2ccccc2)cc1)Nc1cc([N+](=O)[O-])ccc1F. The number of nitrogens with zero attached hydrogens (tertiary/aromatic N) is 1. The van der Waals surface area contributed by atoms with Gasteiger partial charge in [-0.15, -0.1) is 0 Å². The molecule has 0 spiro atoms. The number of nitro benzene ring substituents is 1. The minimum Gasteiger partial charge on any atom is -0.457 e. The number of esters is 1. The monoisotopic (exact) mass is 467 g/mol. The fourth-order valence-corrected chi connectivity index (χ4v) is 2.66. The van der Waals surface area contributed by atoms with Crippen molar-refractivity contribution in [3.05, 3.63) is 94.3 Å². The van der Waals surface area contributed by atoms with Crippen LogP contribution >= 0.6 is 0 Å². The van der Waals surface area contributed by atoms with E-state index in [9.17, 15) is 28.9 Å². The zero-order valence-corrected chi connectivity index (χ0v) is 17.5. The van der Waals surface area contributed by atoms with Crippen LogP contribution in [0, 0.1) is 15.9 Å². The lowest BCUT2D eigenvalue weighted by Crippen LogP contribution is -2.32. The Bertz CT molecular complexity index is 1200. The van der Waals surface area contributed by atoms with Gasteiger partial charge < -0.3 is 20.1 Å². The molecule has 0 saturated carbocycles. The Morgan fingerprint density at radius 3 is 2.29 bits per heavy atom. The molecule has 11 heteroatoms. The first-order chi connectivity index (χ1) is 16.3. The molecular formula is C23H18FN3O7. The second kappa shape index (κ2) is 11.2. The van der Waals surface area contributed by atoms with Gasteiger partial charge in [-0.2, -0.15) is 0 Å². The van der Waals surface area contributed by atoms with Crippen molar-refractivity contribution in [2.24, 2.45) is 0 Å². The van der Waals surface area contributed by atoms with Crippen LogP contribution in [0.2, 0.25) is 0 Å². The molecule has 0 bridgehead atoms. The molecule has 0 unspecified atom stereocenters. The number of ether oxygens (including phenoxy) is 2. The summed E-state index contributed by atoms with van der Waals surface area (Å²) >= 11 is 0. The van der Waals surface area contributed by atoms with Crippen LogP contribution < -0.4 is 15.4 Å². The van der Waals surface area contributed by atoms with Crippen LogP contribution in [0.4, 0.5) is 15.8 Å². The summed E-state index contributed by atoms with van der Waals surface area (Å²) < 4.78 is 24.1. The van der Waals surface area contributed by atoms with Gasteiger partial charge in [-0.05, 0) is 42.5 Å². The molecule has 0 aliphatic rings. The van der Waals surface area contributed by atoms with E-state index in [1.807, 2.05) is 18.2 Å². The first-order valence-electron chi connectivity index (χ1n) is 9.82. The second-order valence-electron chi connectivity index (χ2n) is 6.75. The fourth-order valence-electron chi connectivity index (χ4n) is 2.66. The van der Waals surface area contributed by atoms with E-state index in [1.54, 1.807) is 24.3 Å². The topological polar surface area (TPSA) is 137 Å². The summed E-state index contributed by atoms with van der Waals surface area (Å²) in [5, 5.41) is 15.2. The number of non-ortho nitro benzene ring substituents is 1. The number of carbonyl (C=O) groups is 3. The maximum atomic E-state index is 13.7. The maximum Gasteiger partial charge on any atom is 0.325 e. The minimum atomic E-state index is -0.910. The molecule has 3 aromatic rings. The third-order valence-electron chi connectivity index (χ3n) is 4.29. The van der Waals surface area contributed by atoms with E-state index in [-0.39, 0.29) is 5.56 Å². The average molecular weight is 467 g/mol. The van der Waals surface area contributed by atoms with Crippen LogP contribution in [0.15, 0.2) is 72.8 Å². The normalized spacial score (nSPS) is 10.1. The molecule has 174 valence electrons. The van der Waals surface area contributed by atoms with E-state index in [2.05, 4.69) is 10.6 Å². The molecule has 0 heterocycles. The van der Waals surface area contributed by atoms with E-state index in [4.69, 9.17) is 9.47 Å². The van der Waals surface area contributed by atoms with E-state index < -0.39 is 53.1 Å². The van der Waals surface area contributed by atoms with E-state index in [0.717, 1.165) is 18.2 Å². The number of benzene rings is 3. The lowest BCUT2D eigenvalue weighted by atomic mass is 10.2. The van der Waals surface area contributed by atoms with Gasteiger partial charge >= 0.3 is 5.97 Å². The third kappa shape index (κ3) is 6.85. The summed E-state index contributed by atoms with van der Waals surface area (Å²) in [7, 11) is 0. The molecule has 0 radical (unpaired) electrons. The highest BCUT2D eigenvalue weighted by molar-refractivity contribution is 5.96. The van der Waals surface area contributed by atoms with Crippen LogP contribution in [0.5, 0.6) is 11.5 Å². The molecule has 3 aromatic carbocycles. The molecule has 3 rings (SSSR count). The Balaban J connectivity index is 1.43. The highest BCUT2D eigenvalue weighted by Gasteiger charge is 2.15. The summed E-state index contributed by atoms with van der Waals surface area (Å²) in [6.45, 7) is -1.29. The molecule has 0 atom stereocenters. The molecule has 2 amide bonds. The number of amides is 2. The van der Waals surface area contributed by atoms with Gasteiger partial charge in [0, 0.05) is 17.7 Å². The summed E-state index contributed by atoms with van der Waals surface area (Å²) in [6, 6.07) is 17.9. The highest BCUT2D eigenvalue weighted by Crippen LogP contribution is 2.22. The van der Waals surface area contributed by atoms with Gasteiger partial charge in [0.2, 0.25) is 0 Å². The van der Waals surface area contributed by atoms with Crippen molar-refractivity contribution in [3.8, 4) is 11.5 Å². The molecule has 0 fully saturated rings. The number of nitro groups is 1. The molecule has 0 aliphatic heterocycles. The van der Waals surface area contributed by atoms with Gasteiger partial charge in [0.05, 0.1) is 10.6 Å². The second-order valence-corrected chi connectivity index (χ2v) is 6.75. The van der Waals surface area contributed by atoms with Crippen LogP contribution in [0.25, 0.3) is 0 Å². The number of hydrogen-bond acceptors (Lipinski definition) is 7. The summed E-state index contributed by atoms with van der Waals surface area (Å²) in [5.74, 6) is -2.10. The van der Waals surface area contributed by atoms with Crippen molar-refractivity contribution in [1.82, 2.24) is 5.32 Å². The number of hydrogen-bond donors (Lipinski definition) is 2. The zero-order chi connectivity index (χ0) is 24.5. The maximum absolute atomic E-state index is 13.7. The van der Waals surface area contributed by atoms with Crippen LogP contribution in [-0.2, 0) is 14.3 Å². The standard InChI is InChI=1S/C23H18FN3O7/c24-19-11-8-16(27(31)32)12-20(19)26-21(28)14-33-22(29)13-25-23(30)15-6-9-18(10-7-15)34-17-4-2-1-3-5-17/h1-12H,13-14H2,(H,25,30)(H,26,28). The smallest absolute Gasteiger partial charge is 0.325 e. The van der Waals surface area contributed by atoms with Crippen molar-refractivity contribution in [2.75, 3.05) is 18.5 Å². The summed E-state index contributed by atoms with van der Waals surface area (Å²) in [4.78, 5) is 45.8. The Labute approximate surface area is 192 Å². The van der Waals surface area contributed by atoms with Crippen molar-refractivity contribution in [3.63, 3.8) is 0 Å². The lowest BCUT2D eigenvalue weighted by molar-refractivity contribution is -0.384. The number of para-hydroxylation sites is 1. The molecule has 0 aliphatic carbocycles. The number of nitrogens with one attached hydrogen (secondary N) is 2. The number of anilines is 1. The lowest BCUT2D eigenvalue weighted by Gasteiger charge is -2.09. The number of rotatable bonds is 9. The largest absolute Gasteiger partial charge is 0.457 e. The Morgan fingerprint density at radius 1 is 0.941 bits per heavy atom. The van der Waals surface area contributed by atoms with Crippen LogP contribution in [0.1, 0.15) is 10.4 Å². The number of carbonyl (C=O) groups excluding carboxylic acids is 3. The fraction of sp³-hybridized carbons (Fsp3) is 0.0870. The first kappa shape index (κ1) is 23.9. The Kier molecular flexibility index (Phi) is 7.84. The van der Waals surface area contributed by atoms with Gasteiger partial charge in [-0.25, -0.2) is 4.39 Å². The van der Waals surface area contributed by atoms with Crippen molar-refractivity contribution in [2.45, 2.75) is 0 Å². The van der Waals surface area contributed by atoms with E-state index >= 15 is 0 Å². The first-order valence-corrected chi connectivity index (χ1v) is 9.82. The van der Waals surface area contributed by atoms with Gasteiger partial charge in [-0.3, -0.25) is 24.5 Å². The average Bonchev–Trinajstić information content (AvgIpc) is 2.83. The predicted octanol–water partition coefficient (Wildman–Crippen LogP) is 3.44. The molecule has 2 N–H and O–H groups in total. The van der Waals surface area contributed by atoms with Gasteiger partial charge in [0.1, 0.15) is 23.9 Å². The van der Waals surface area contributed by atoms with Crippen molar-refractivity contribution >= 4 is 29.2 Å². The van der Waals surface area contributed by atoms with Crippen molar-refractivity contribution in [1.29, 1.82) is 0 Å².